The van der Waals surface area contributed by atoms with Crippen LogP contribution in [0.3, 0.4) is 0 Å². The van der Waals surface area contributed by atoms with E-state index in [4.69, 9.17) is 17.3 Å². The third kappa shape index (κ3) is 4.86. The molecule has 2 unspecified atom stereocenters. The minimum absolute atomic E-state index is 0.174. The molecule has 6 nitrogen and oxygen atoms in total. The highest BCUT2D eigenvalue weighted by molar-refractivity contribution is 6.30. The molecular weight excluding hydrogens is 412 g/mol. The molecule has 3 N–H and O–H groups in total. The Labute approximate surface area is 188 Å². The van der Waals surface area contributed by atoms with Crippen LogP contribution in [-0.4, -0.2) is 60.9 Å². The smallest absolute Gasteiger partial charge is 0.229 e. The van der Waals surface area contributed by atoms with Crippen molar-refractivity contribution in [3.05, 3.63) is 58.7 Å². The summed E-state index contributed by atoms with van der Waals surface area (Å²) in [4.78, 5) is 28.7. The molecule has 1 aromatic rings. The van der Waals surface area contributed by atoms with Crippen LogP contribution in [0.1, 0.15) is 24.8 Å². The fourth-order valence-electron chi connectivity index (χ4n) is 4.57. The summed E-state index contributed by atoms with van der Waals surface area (Å²) in [5.74, 6) is 0.00562. The second kappa shape index (κ2) is 9.71. The Morgan fingerprint density at radius 3 is 2.77 bits per heavy atom. The van der Waals surface area contributed by atoms with Crippen molar-refractivity contribution in [3.8, 4) is 0 Å². The number of nitrogens with zero attached hydrogens (tertiary/aromatic N) is 2. The number of hydrogen-bond donors (Lipinski definition) is 2. The van der Waals surface area contributed by atoms with E-state index in [1.807, 2.05) is 17.0 Å². The van der Waals surface area contributed by atoms with Crippen molar-refractivity contribution in [2.24, 2.45) is 5.92 Å². The van der Waals surface area contributed by atoms with Gasteiger partial charge in [-0.15, -0.1) is 0 Å². The van der Waals surface area contributed by atoms with Gasteiger partial charge in [0.2, 0.25) is 12.3 Å². The number of rotatable bonds is 4. The van der Waals surface area contributed by atoms with Crippen LogP contribution in [0.5, 0.6) is 0 Å². The SMILES string of the molecule is Nc1ccc(Cl)cc1C1=CC(C2=CC(C(=O)N3CCNCC3)CCC=C2)N(C=O)CC1. The van der Waals surface area contributed by atoms with E-state index in [1.54, 1.807) is 11.0 Å². The van der Waals surface area contributed by atoms with Gasteiger partial charge in [-0.1, -0.05) is 35.9 Å². The van der Waals surface area contributed by atoms with Crippen molar-refractivity contribution >= 4 is 35.2 Å². The first-order valence-electron chi connectivity index (χ1n) is 10.9. The van der Waals surface area contributed by atoms with Gasteiger partial charge in [-0.25, -0.2) is 0 Å². The molecule has 0 radical (unpaired) electrons. The number of nitrogens with one attached hydrogen (secondary N) is 1. The third-order valence-electron chi connectivity index (χ3n) is 6.29. The van der Waals surface area contributed by atoms with Crippen LogP contribution >= 0.6 is 11.6 Å². The maximum Gasteiger partial charge on any atom is 0.229 e. The lowest BCUT2D eigenvalue weighted by Crippen LogP contribution is -2.48. The lowest BCUT2D eigenvalue weighted by atomic mass is 9.90. The summed E-state index contributed by atoms with van der Waals surface area (Å²) in [6.45, 7) is 3.75. The Kier molecular flexibility index (Phi) is 6.78. The van der Waals surface area contributed by atoms with E-state index in [1.165, 1.54) is 0 Å². The normalized spacial score (nSPS) is 24.3. The molecule has 0 saturated carbocycles. The highest BCUT2D eigenvalue weighted by atomic mass is 35.5. The number of hydrogen-bond acceptors (Lipinski definition) is 4. The molecular formula is C24H29ClN4O2. The van der Waals surface area contributed by atoms with Crippen LogP contribution < -0.4 is 11.1 Å². The molecule has 2 heterocycles. The van der Waals surface area contributed by atoms with Gasteiger partial charge in [0.25, 0.3) is 0 Å². The summed E-state index contributed by atoms with van der Waals surface area (Å²) in [7, 11) is 0. The van der Waals surface area contributed by atoms with Crippen molar-refractivity contribution < 1.29 is 9.59 Å². The zero-order chi connectivity index (χ0) is 21.8. The van der Waals surface area contributed by atoms with Gasteiger partial charge in [-0.05, 0) is 48.6 Å². The predicted molar refractivity (Wildman–Crippen MR) is 124 cm³/mol. The number of anilines is 1. The molecule has 7 heteroatoms. The summed E-state index contributed by atoms with van der Waals surface area (Å²) >= 11 is 6.21. The van der Waals surface area contributed by atoms with Crippen LogP contribution in [0, 0.1) is 5.92 Å². The average Bonchev–Trinajstić information content (AvgIpc) is 3.06. The van der Waals surface area contributed by atoms with Gasteiger partial charge in [0.05, 0.1) is 12.0 Å². The number of carbonyl (C=O) groups excluding carboxylic acids is 2. The van der Waals surface area contributed by atoms with Crippen LogP contribution in [0.4, 0.5) is 5.69 Å². The van der Waals surface area contributed by atoms with Crippen LogP contribution in [0.25, 0.3) is 5.57 Å². The van der Waals surface area contributed by atoms with Crippen molar-refractivity contribution in [1.29, 1.82) is 0 Å². The lowest BCUT2D eigenvalue weighted by molar-refractivity contribution is -0.134. The molecule has 1 fully saturated rings. The molecule has 0 spiro atoms. The summed E-state index contributed by atoms with van der Waals surface area (Å²) in [5.41, 5.74) is 9.86. The quantitative estimate of drug-likeness (QED) is 0.557. The molecule has 1 aromatic carbocycles. The topological polar surface area (TPSA) is 78.7 Å². The Hall–Kier alpha value is -2.57. The average molecular weight is 441 g/mol. The summed E-state index contributed by atoms with van der Waals surface area (Å²) in [5, 5.41) is 3.93. The Morgan fingerprint density at radius 2 is 2.00 bits per heavy atom. The van der Waals surface area contributed by atoms with E-state index in [2.05, 4.69) is 29.6 Å². The van der Waals surface area contributed by atoms with Crippen molar-refractivity contribution in [3.63, 3.8) is 0 Å². The lowest BCUT2D eigenvalue weighted by Gasteiger charge is -2.34. The van der Waals surface area contributed by atoms with Crippen molar-refractivity contribution in [1.82, 2.24) is 15.1 Å². The van der Waals surface area contributed by atoms with E-state index in [9.17, 15) is 9.59 Å². The minimum atomic E-state index is -0.229. The van der Waals surface area contributed by atoms with E-state index in [0.717, 1.165) is 62.1 Å². The molecule has 2 atom stereocenters. The molecule has 1 saturated heterocycles. The first-order chi connectivity index (χ1) is 15.1. The van der Waals surface area contributed by atoms with E-state index in [-0.39, 0.29) is 17.9 Å². The first-order valence-corrected chi connectivity index (χ1v) is 11.3. The molecule has 0 bridgehead atoms. The van der Waals surface area contributed by atoms with Gasteiger partial charge in [-0.3, -0.25) is 9.59 Å². The number of benzene rings is 1. The maximum atomic E-state index is 13.1. The van der Waals surface area contributed by atoms with E-state index < -0.39 is 0 Å². The van der Waals surface area contributed by atoms with Gasteiger partial charge >= 0.3 is 0 Å². The number of nitrogen functional groups attached to an aromatic ring is 1. The second-order valence-electron chi connectivity index (χ2n) is 8.29. The fraction of sp³-hybridized carbons (Fsp3) is 0.417. The molecule has 1 aliphatic carbocycles. The minimum Gasteiger partial charge on any atom is -0.398 e. The highest BCUT2D eigenvalue weighted by Crippen LogP contribution is 2.34. The van der Waals surface area contributed by atoms with E-state index in [0.29, 0.717) is 23.7 Å². The number of carbonyl (C=O) groups is 2. The number of piperazine rings is 1. The summed E-state index contributed by atoms with van der Waals surface area (Å²) in [6, 6.07) is 5.24. The van der Waals surface area contributed by atoms with E-state index >= 15 is 0 Å². The van der Waals surface area contributed by atoms with Gasteiger partial charge in [0, 0.05) is 49.0 Å². The van der Waals surface area contributed by atoms with Crippen LogP contribution in [-0.2, 0) is 9.59 Å². The predicted octanol–water partition coefficient (Wildman–Crippen LogP) is 2.86. The van der Waals surface area contributed by atoms with Crippen molar-refractivity contribution in [2.45, 2.75) is 25.3 Å². The standard InChI is InChI=1S/C24H29ClN4O2/c25-20-5-6-22(26)21(15-20)17-7-10-29(16-30)23(14-17)18-3-1-2-4-19(13-18)24(31)28-11-8-27-9-12-28/h1,3,5-6,13-16,19,23,27H,2,4,7-12,26H2. The molecule has 2 amide bonds. The molecule has 164 valence electrons. The number of nitrogens with two attached hydrogens (primary N) is 1. The molecule has 31 heavy (non-hydrogen) atoms. The molecule has 0 aromatic heterocycles. The van der Waals surface area contributed by atoms with Gasteiger partial charge in [-0.2, -0.15) is 0 Å². The first kappa shape index (κ1) is 21.7. The molecule has 2 aliphatic heterocycles. The molecule has 4 rings (SSSR count). The Balaban J connectivity index is 1.66. The number of amides is 2. The van der Waals surface area contributed by atoms with Gasteiger partial charge in [0.15, 0.2) is 0 Å². The van der Waals surface area contributed by atoms with Crippen LogP contribution in [0.15, 0.2) is 48.1 Å². The second-order valence-corrected chi connectivity index (χ2v) is 8.73. The van der Waals surface area contributed by atoms with Gasteiger partial charge < -0.3 is 20.9 Å². The number of allylic oxidation sites excluding steroid dienone is 1. The maximum absolute atomic E-state index is 13.1. The van der Waals surface area contributed by atoms with Crippen LogP contribution in [0.2, 0.25) is 5.02 Å². The zero-order valence-corrected chi connectivity index (χ0v) is 18.4. The van der Waals surface area contributed by atoms with Crippen molar-refractivity contribution in [2.75, 3.05) is 38.5 Å². The fourth-order valence-corrected chi connectivity index (χ4v) is 4.75. The zero-order valence-electron chi connectivity index (χ0n) is 17.6. The summed E-state index contributed by atoms with van der Waals surface area (Å²) in [6.07, 6.45) is 11.6. The monoisotopic (exact) mass is 440 g/mol. The molecule has 3 aliphatic rings. The Bertz CT molecular complexity index is 934. The highest BCUT2D eigenvalue weighted by Gasteiger charge is 2.29. The third-order valence-corrected chi connectivity index (χ3v) is 6.52. The largest absolute Gasteiger partial charge is 0.398 e. The van der Waals surface area contributed by atoms with Gasteiger partial charge in [0.1, 0.15) is 0 Å². The summed E-state index contributed by atoms with van der Waals surface area (Å²) < 4.78 is 0. The Morgan fingerprint density at radius 1 is 1.19 bits per heavy atom. The number of halogens is 1.